The van der Waals surface area contributed by atoms with Crippen LogP contribution in [-0.2, 0) is 6.42 Å². The molecule has 7 nitrogen and oxygen atoms in total. The molecule has 0 atom stereocenters. The van der Waals surface area contributed by atoms with Gasteiger partial charge in [-0.1, -0.05) is 47.2 Å². The van der Waals surface area contributed by atoms with Crippen molar-refractivity contribution in [2.24, 2.45) is 0 Å². The SMILES string of the molecule is COc1ccc(Cc2nn3c(=O)c(=Cc4ccc(-c5cccc(Cl)c5)o4)sc3nc2=O)cc1. The largest absolute Gasteiger partial charge is 0.497 e. The maximum absolute atomic E-state index is 12.9. The fourth-order valence-electron chi connectivity index (χ4n) is 3.35. The number of ether oxygens (including phenoxy) is 1. The normalized spacial score (nSPS) is 11.9. The summed E-state index contributed by atoms with van der Waals surface area (Å²) in [6, 6.07) is 18.2. The highest BCUT2D eigenvalue weighted by Gasteiger charge is 2.12. The summed E-state index contributed by atoms with van der Waals surface area (Å²) < 4.78 is 12.5. The number of methoxy groups -OCH3 is 1. The van der Waals surface area contributed by atoms with E-state index in [1.165, 1.54) is 0 Å². The van der Waals surface area contributed by atoms with Crippen LogP contribution in [0.25, 0.3) is 22.4 Å². The lowest BCUT2D eigenvalue weighted by Gasteiger charge is -2.02. The lowest BCUT2D eigenvalue weighted by atomic mass is 10.1. The Kier molecular flexibility index (Phi) is 5.53. The summed E-state index contributed by atoms with van der Waals surface area (Å²) in [6.45, 7) is 0. The molecule has 0 spiro atoms. The van der Waals surface area contributed by atoms with Crippen molar-refractivity contribution in [3.8, 4) is 17.1 Å². The number of benzene rings is 2. The summed E-state index contributed by atoms with van der Waals surface area (Å²) >= 11 is 7.13. The van der Waals surface area contributed by atoms with Crippen molar-refractivity contribution in [3.63, 3.8) is 0 Å². The number of fused-ring (bicyclic) bond motifs is 1. The summed E-state index contributed by atoms with van der Waals surface area (Å²) in [5.41, 5.74) is 1.07. The molecule has 0 saturated heterocycles. The lowest BCUT2D eigenvalue weighted by molar-refractivity contribution is 0.414. The summed E-state index contributed by atoms with van der Waals surface area (Å²) in [5, 5.41) is 4.88. The predicted molar refractivity (Wildman–Crippen MR) is 127 cm³/mol. The molecule has 0 aliphatic rings. The molecule has 9 heteroatoms. The van der Waals surface area contributed by atoms with Gasteiger partial charge in [0, 0.05) is 23.1 Å². The number of aromatic nitrogens is 3. The molecule has 3 heterocycles. The van der Waals surface area contributed by atoms with E-state index in [9.17, 15) is 9.59 Å². The van der Waals surface area contributed by atoms with E-state index < -0.39 is 5.56 Å². The van der Waals surface area contributed by atoms with E-state index in [0.717, 1.165) is 27.0 Å². The van der Waals surface area contributed by atoms with Crippen molar-refractivity contribution in [1.29, 1.82) is 0 Å². The minimum absolute atomic E-state index is 0.195. The van der Waals surface area contributed by atoms with Crippen molar-refractivity contribution >= 4 is 34.0 Å². The molecule has 5 rings (SSSR count). The molecule has 0 saturated carbocycles. The zero-order valence-electron chi connectivity index (χ0n) is 17.3. The molecule has 2 aromatic carbocycles. The van der Waals surface area contributed by atoms with Gasteiger partial charge in [0.05, 0.1) is 7.11 Å². The molecule has 0 bridgehead atoms. The fourth-order valence-corrected chi connectivity index (χ4v) is 4.42. The van der Waals surface area contributed by atoms with Gasteiger partial charge in [0.25, 0.3) is 11.1 Å². The molecule has 0 fully saturated rings. The van der Waals surface area contributed by atoms with E-state index in [-0.39, 0.29) is 22.6 Å². The number of halogens is 1. The smallest absolute Gasteiger partial charge is 0.296 e. The zero-order chi connectivity index (χ0) is 22.9. The first-order valence-electron chi connectivity index (χ1n) is 9.93. The summed E-state index contributed by atoms with van der Waals surface area (Å²) in [6.07, 6.45) is 1.87. The molecule has 0 radical (unpaired) electrons. The summed E-state index contributed by atoms with van der Waals surface area (Å²) in [5.74, 6) is 1.84. The van der Waals surface area contributed by atoms with E-state index in [1.807, 2.05) is 30.3 Å². The van der Waals surface area contributed by atoms with Crippen LogP contribution in [0.1, 0.15) is 17.0 Å². The number of rotatable bonds is 5. The van der Waals surface area contributed by atoms with Crippen molar-refractivity contribution in [2.75, 3.05) is 7.11 Å². The number of hydrogen-bond acceptors (Lipinski definition) is 7. The Hall–Kier alpha value is -3.75. The Morgan fingerprint density at radius 3 is 2.70 bits per heavy atom. The highest BCUT2D eigenvalue weighted by Crippen LogP contribution is 2.25. The van der Waals surface area contributed by atoms with Crippen LogP contribution < -0.4 is 20.4 Å². The quantitative estimate of drug-likeness (QED) is 0.384. The number of nitrogens with zero attached hydrogens (tertiary/aromatic N) is 3. The Balaban J connectivity index is 1.50. The standard InChI is InChI=1S/C24H16ClN3O4S/c1-31-17-7-5-14(6-8-17)11-19-22(29)26-24-28(27-19)23(30)21(33-24)13-18-9-10-20(32-18)15-3-2-4-16(25)12-15/h2-10,12-13H,11H2,1H3. The molecule has 33 heavy (non-hydrogen) atoms. The average molecular weight is 478 g/mol. The molecular formula is C24H16ClN3O4S. The van der Waals surface area contributed by atoms with Crippen LogP contribution in [0.2, 0.25) is 5.02 Å². The second-order valence-corrected chi connectivity index (χ2v) is 8.66. The summed E-state index contributed by atoms with van der Waals surface area (Å²) in [7, 11) is 1.59. The van der Waals surface area contributed by atoms with Gasteiger partial charge in [-0.15, -0.1) is 0 Å². The van der Waals surface area contributed by atoms with Gasteiger partial charge in [0.1, 0.15) is 27.5 Å². The number of furan rings is 1. The van der Waals surface area contributed by atoms with Gasteiger partial charge >= 0.3 is 0 Å². The van der Waals surface area contributed by atoms with Crippen LogP contribution in [-0.4, -0.2) is 21.7 Å². The maximum atomic E-state index is 12.9. The van der Waals surface area contributed by atoms with E-state index in [0.29, 0.717) is 26.8 Å². The average Bonchev–Trinajstić information content (AvgIpc) is 3.40. The fraction of sp³-hybridized carbons (Fsp3) is 0.0833. The van der Waals surface area contributed by atoms with Crippen molar-refractivity contribution in [2.45, 2.75) is 6.42 Å². The van der Waals surface area contributed by atoms with Crippen molar-refractivity contribution in [3.05, 3.63) is 108 Å². The molecular weight excluding hydrogens is 462 g/mol. The third kappa shape index (κ3) is 4.30. The van der Waals surface area contributed by atoms with Gasteiger partial charge in [0.2, 0.25) is 4.96 Å². The molecule has 0 unspecified atom stereocenters. The Bertz CT molecular complexity index is 1640. The van der Waals surface area contributed by atoms with Gasteiger partial charge < -0.3 is 9.15 Å². The van der Waals surface area contributed by atoms with Crippen LogP contribution in [0.5, 0.6) is 5.75 Å². The van der Waals surface area contributed by atoms with Gasteiger partial charge in [-0.25, -0.2) is 0 Å². The van der Waals surface area contributed by atoms with Gasteiger partial charge in [-0.05, 0) is 42.0 Å². The lowest BCUT2D eigenvalue weighted by Crippen LogP contribution is -2.28. The summed E-state index contributed by atoms with van der Waals surface area (Å²) in [4.78, 5) is 29.7. The maximum Gasteiger partial charge on any atom is 0.296 e. The number of thiazole rings is 1. The monoisotopic (exact) mass is 477 g/mol. The van der Waals surface area contributed by atoms with Crippen molar-refractivity contribution < 1.29 is 9.15 Å². The Labute approximate surface area is 196 Å². The van der Waals surface area contributed by atoms with E-state index in [1.54, 1.807) is 43.5 Å². The highest BCUT2D eigenvalue weighted by atomic mass is 35.5. The molecule has 3 aromatic heterocycles. The zero-order valence-corrected chi connectivity index (χ0v) is 18.9. The van der Waals surface area contributed by atoms with Crippen LogP contribution in [0.15, 0.2) is 74.7 Å². The molecule has 5 aromatic rings. The first kappa shape index (κ1) is 21.1. The minimum atomic E-state index is -0.458. The third-order valence-electron chi connectivity index (χ3n) is 4.99. The number of hydrogen-bond donors (Lipinski definition) is 0. The van der Waals surface area contributed by atoms with Crippen LogP contribution in [0.4, 0.5) is 0 Å². The molecule has 0 aliphatic carbocycles. The topological polar surface area (TPSA) is 86.7 Å². The van der Waals surface area contributed by atoms with Gasteiger partial charge in [-0.2, -0.15) is 14.6 Å². The Morgan fingerprint density at radius 1 is 1.12 bits per heavy atom. The molecule has 0 amide bonds. The minimum Gasteiger partial charge on any atom is -0.497 e. The van der Waals surface area contributed by atoms with Crippen molar-refractivity contribution in [1.82, 2.24) is 14.6 Å². The second-order valence-electron chi connectivity index (χ2n) is 7.21. The van der Waals surface area contributed by atoms with E-state index >= 15 is 0 Å². The second kappa shape index (κ2) is 8.65. The van der Waals surface area contributed by atoms with Crippen LogP contribution >= 0.6 is 22.9 Å². The van der Waals surface area contributed by atoms with Gasteiger partial charge in [0.15, 0.2) is 0 Å². The van der Waals surface area contributed by atoms with Crippen LogP contribution in [0.3, 0.4) is 0 Å². The first-order chi connectivity index (χ1) is 16.0. The Morgan fingerprint density at radius 2 is 1.94 bits per heavy atom. The highest BCUT2D eigenvalue weighted by molar-refractivity contribution is 7.15. The van der Waals surface area contributed by atoms with E-state index in [2.05, 4.69) is 10.1 Å². The molecule has 0 aliphatic heterocycles. The van der Waals surface area contributed by atoms with Gasteiger partial charge in [-0.3, -0.25) is 9.59 Å². The van der Waals surface area contributed by atoms with Crippen LogP contribution in [0, 0.1) is 0 Å². The third-order valence-corrected chi connectivity index (χ3v) is 6.18. The first-order valence-corrected chi connectivity index (χ1v) is 11.1. The van der Waals surface area contributed by atoms with E-state index in [4.69, 9.17) is 20.8 Å². The predicted octanol–water partition coefficient (Wildman–Crippen LogP) is 3.57. The molecule has 0 N–H and O–H groups in total. The molecule has 164 valence electrons.